The first kappa shape index (κ1) is 15.0. The molecule has 0 aliphatic carbocycles. The van der Waals surface area contributed by atoms with Crippen molar-refractivity contribution < 1.29 is 4.79 Å². The van der Waals surface area contributed by atoms with Crippen LogP contribution in [0.1, 0.15) is 22.6 Å². The summed E-state index contributed by atoms with van der Waals surface area (Å²) in [7, 11) is 1.87. The highest BCUT2D eigenvalue weighted by molar-refractivity contribution is 5.92. The standard InChI is InChI=1S/C16H18N6O/c1-11-14(9-21(2)20-11)12-3-4-15(18-7-12)16(23)19-13-5-6-22(8-13)10-17/h3-4,7,9,13H,5-6,8H2,1-2H3,(H,19,23)/t13-/m1/s1. The van der Waals surface area contributed by atoms with Crippen LogP contribution in [0, 0.1) is 18.4 Å². The minimum atomic E-state index is -0.204. The maximum atomic E-state index is 12.2. The third-order valence-electron chi connectivity index (χ3n) is 3.99. The van der Waals surface area contributed by atoms with E-state index >= 15 is 0 Å². The van der Waals surface area contributed by atoms with E-state index in [1.807, 2.05) is 26.2 Å². The molecule has 7 nitrogen and oxygen atoms in total. The summed E-state index contributed by atoms with van der Waals surface area (Å²) in [4.78, 5) is 18.1. The molecule has 0 radical (unpaired) electrons. The second-order valence-corrected chi connectivity index (χ2v) is 5.74. The molecular formula is C16H18N6O. The second-order valence-electron chi connectivity index (χ2n) is 5.74. The van der Waals surface area contributed by atoms with Gasteiger partial charge in [-0.15, -0.1) is 0 Å². The first-order chi connectivity index (χ1) is 11.1. The molecule has 0 aromatic carbocycles. The number of pyridine rings is 1. The lowest BCUT2D eigenvalue weighted by Crippen LogP contribution is -2.36. The maximum Gasteiger partial charge on any atom is 0.270 e. The van der Waals surface area contributed by atoms with Crippen molar-refractivity contribution in [3.05, 3.63) is 35.9 Å². The van der Waals surface area contributed by atoms with Gasteiger partial charge in [0.15, 0.2) is 6.19 Å². The predicted octanol–water partition coefficient (Wildman–Crippen LogP) is 1.08. The number of nitrogens with one attached hydrogen (secondary N) is 1. The first-order valence-corrected chi connectivity index (χ1v) is 7.49. The Morgan fingerprint density at radius 3 is 2.87 bits per heavy atom. The molecule has 7 heteroatoms. The van der Waals surface area contributed by atoms with Crippen molar-refractivity contribution in [1.82, 2.24) is 25.0 Å². The molecule has 2 aromatic rings. The topological polar surface area (TPSA) is 86.8 Å². The summed E-state index contributed by atoms with van der Waals surface area (Å²) >= 11 is 0. The molecule has 2 aromatic heterocycles. The second kappa shape index (κ2) is 6.08. The van der Waals surface area contributed by atoms with Gasteiger partial charge in [-0.3, -0.25) is 14.5 Å². The molecule has 1 amide bonds. The monoisotopic (exact) mass is 310 g/mol. The van der Waals surface area contributed by atoms with Gasteiger partial charge in [0.05, 0.1) is 5.69 Å². The highest BCUT2D eigenvalue weighted by Crippen LogP contribution is 2.21. The third kappa shape index (κ3) is 3.16. The van der Waals surface area contributed by atoms with Gasteiger partial charge in [-0.1, -0.05) is 6.07 Å². The molecule has 118 valence electrons. The van der Waals surface area contributed by atoms with Crippen molar-refractivity contribution in [2.45, 2.75) is 19.4 Å². The Morgan fingerprint density at radius 2 is 2.30 bits per heavy atom. The van der Waals surface area contributed by atoms with E-state index in [0.717, 1.165) is 23.2 Å². The Labute approximate surface area is 134 Å². The number of nitrogens with zero attached hydrogens (tertiary/aromatic N) is 5. The van der Waals surface area contributed by atoms with Gasteiger partial charge in [-0.2, -0.15) is 10.4 Å². The van der Waals surface area contributed by atoms with Gasteiger partial charge in [0.1, 0.15) is 5.69 Å². The molecule has 1 aliphatic rings. The fourth-order valence-corrected chi connectivity index (χ4v) is 2.80. The van der Waals surface area contributed by atoms with Crippen molar-refractivity contribution in [2.75, 3.05) is 13.1 Å². The summed E-state index contributed by atoms with van der Waals surface area (Å²) in [6, 6.07) is 3.60. The van der Waals surface area contributed by atoms with E-state index in [2.05, 4.69) is 21.6 Å². The molecular weight excluding hydrogens is 292 g/mol. The SMILES string of the molecule is Cc1nn(C)cc1-c1ccc(C(=O)N[C@@H]2CCN(C#N)C2)nc1. The fraction of sp³-hybridized carbons (Fsp3) is 0.375. The van der Waals surface area contributed by atoms with E-state index in [0.29, 0.717) is 18.8 Å². The summed E-state index contributed by atoms with van der Waals surface area (Å²) in [6.45, 7) is 3.19. The number of likely N-dealkylation sites (tertiary alicyclic amines) is 1. The summed E-state index contributed by atoms with van der Waals surface area (Å²) in [5.41, 5.74) is 3.25. The molecule has 1 aliphatic heterocycles. The van der Waals surface area contributed by atoms with Crippen molar-refractivity contribution in [2.24, 2.45) is 7.05 Å². The largest absolute Gasteiger partial charge is 0.346 e. The lowest BCUT2D eigenvalue weighted by Gasteiger charge is -2.12. The lowest BCUT2D eigenvalue weighted by atomic mass is 10.1. The summed E-state index contributed by atoms with van der Waals surface area (Å²) < 4.78 is 1.76. The predicted molar refractivity (Wildman–Crippen MR) is 84.2 cm³/mol. The fourth-order valence-electron chi connectivity index (χ4n) is 2.80. The number of rotatable bonds is 3. The minimum absolute atomic E-state index is 0.00388. The molecule has 0 unspecified atom stereocenters. The Morgan fingerprint density at radius 1 is 1.48 bits per heavy atom. The van der Waals surface area contributed by atoms with Crippen LogP contribution in [0.4, 0.5) is 0 Å². The molecule has 0 spiro atoms. The zero-order valence-corrected chi connectivity index (χ0v) is 13.2. The molecule has 23 heavy (non-hydrogen) atoms. The van der Waals surface area contributed by atoms with E-state index in [1.54, 1.807) is 21.8 Å². The Hall–Kier alpha value is -2.88. The van der Waals surface area contributed by atoms with Crippen LogP contribution in [0.2, 0.25) is 0 Å². The Bertz CT molecular complexity index is 758. The van der Waals surface area contributed by atoms with Crippen molar-refractivity contribution in [3.63, 3.8) is 0 Å². The maximum absolute atomic E-state index is 12.2. The lowest BCUT2D eigenvalue weighted by molar-refractivity contribution is 0.0934. The molecule has 0 saturated carbocycles. The van der Waals surface area contributed by atoms with Gasteiger partial charge in [0.2, 0.25) is 0 Å². The van der Waals surface area contributed by atoms with Gasteiger partial charge < -0.3 is 10.2 Å². The van der Waals surface area contributed by atoms with Crippen LogP contribution in [-0.4, -0.2) is 44.7 Å². The van der Waals surface area contributed by atoms with Crippen LogP contribution in [-0.2, 0) is 7.05 Å². The van der Waals surface area contributed by atoms with Crippen molar-refractivity contribution in [1.29, 1.82) is 5.26 Å². The molecule has 0 bridgehead atoms. The van der Waals surface area contributed by atoms with Crippen LogP contribution >= 0.6 is 0 Å². The highest BCUT2D eigenvalue weighted by Gasteiger charge is 2.23. The van der Waals surface area contributed by atoms with E-state index in [-0.39, 0.29) is 11.9 Å². The highest BCUT2D eigenvalue weighted by atomic mass is 16.1. The molecule has 1 N–H and O–H groups in total. The first-order valence-electron chi connectivity index (χ1n) is 7.49. The molecule has 3 rings (SSSR count). The van der Waals surface area contributed by atoms with Crippen LogP contribution in [0.3, 0.4) is 0 Å². The molecule has 1 saturated heterocycles. The molecule has 1 fully saturated rings. The van der Waals surface area contributed by atoms with E-state index in [4.69, 9.17) is 5.26 Å². The van der Waals surface area contributed by atoms with Gasteiger partial charge in [-0.05, 0) is 19.4 Å². The minimum Gasteiger partial charge on any atom is -0.346 e. The van der Waals surface area contributed by atoms with Crippen LogP contribution in [0.25, 0.3) is 11.1 Å². The summed E-state index contributed by atoms with van der Waals surface area (Å²) in [5, 5.41) is 16.1. The number of hydrogen-bond acceptors (Lipinski definition) is 5. The van der Waals surface area contributed by atoms with Crippen LogP contribution in [0.5, 0.6) is 0 Å². The number of carbonyl (C=O) groups is 1. The summed E-state index contributed by atoms with van der Waals surface area (Å²) in [5.74, 6) is -0.204. The number of hydrogen-bond donors (Lipinski definition) is 1. The average molecular weight is 310 g/mol. The van der Waals surface area contributed by atoms with E-state index in [9.17, 15) is 4.79 Å². The third-order valence-corrected chi connectivity index (χ3v) is 3.99. The summed E-state index contributed by atoms with van der Waals surface area (Å²) in [6.07, 6.45) is 6.50. The number of aromatic nitrogens is 3. The smallest absolute Gasteiger partial charge is 0.270 e. The normalized spacial score (nSPS) is 17.1. The average Bonchev–Trinajstić information content (AvgIpc) is 3.13. The van der Waals surface area contributed by atoms with Crippen LogP contribution < -0.4 is 5.32 Å². The van der Waals surface area contributed by atoms with Gasteiger partial charge >= 0.3 is 0 Å². The van der Waals surface area contributed by atoms with Crippen molar-refractivity contribution in [3.8, 4) is 17.3 Å². The number of carbonyl (C=O) groups excluding carboxylic acids is 1. The Kier molecular flexibility index (Phi) is 3.98. The Balaban J connectivity index is 1.69. The number of nitriles is 1. The van der Waals surface area contributed by atoms with Crippen LogP contribution in [0.15, 0.2) is 24.5 Å². The molecule has 1 atom stereocenters. The number of amides is 1. The van der Waals surface area contributed by atoms with Crippen molar-refractivity contribution >= 4 is 5.91 Å². The van der Waals surface area contributed by atoms with Gasteiger partial charge in [0.25, 0.3) is 5.91 Å². The number of aryl methyl sites for hydroxylation is 2. The van der Waals surface area contributed by atoms with E-state index in [1.165, 1.54) is 0 Å². The van der Waals surface area contributed by atoms with Gasteiger partial charge in [-0.25, -0.2) is 0 Å². The zero-order valence-electron chi connectivity index (χ0n) is 13.2. The van der Waals surface area contributed by atoms with Gasteiger partial charge in [0, 0.05) is 49.7 Å². The quantitative estimate of drug-likeness (QED) is 0.857. The van der Waals surface area contributed by atoms with E-state index < -0.39 is 0 Å². The molecule has 3 heterocycles. The zero-order chi connectivity index (χ0) is 16.4.